The lowest BCUT2D eigenvalue weighted by atomic mass is 10.1. The second-order valence-corrected chi connectivity index (χ2v) is 8.06. The number of nitrogens with zero attached hydrogens (tertiary/aromatic N) is 3. The van der Waals surface area contributed by atoms with Crippen LogP contribution in [0.15, 0.2) is 53.1 Å². The lowest BCUT2D eigenvalue weighted by Gasteiger charge is -2.34. The molecule has 0 bridgehead atoms. The minimum atomic E-state index is -0.237. The predicted molar refractivity (Wildman–Crippen MR) is 115 cm³/mol. The van der Waals surface area contributed by atoms with E-state index >= 15 is 0 Å². The molecule has 8 heteroatoms. The normalized spacial score (nSPS) is 14.1. The van der Waals surface area contributed by atoms with Gasteiger partial charge < -0.3 is 14.3 Å². The highest BCUT2D eigenvalue weighted by atomic mass is 35.5. The molecule has 2 amide bonds. The summed E-state index contributed by atoms with van der Waals surface area (Å²) < 4.78 is 5.28. The van der Waals surface area contributed by atoms with Gasteiger partial charge in [0.1, 0.15) is 5.69 Å². The zero-order chi connectivity index (χ0) is 21.3. The fourth-order valence-corrected chi connectivity index (χ4v) is 3.89. The van der Waals surface area contributed by atoms with Gasteiger partial charge in [0, 0.05) is 53.4 Å². The molecule has 1 saturated heterocycles. The molecule has 0 atom stereocenters. The molecule has 2 heterocycles. The van der Waals surface area contributed by atoms with Crippen molar-refractivity contribution in [2.75, 3.05) is 26.2 Å². The minimum Gasteiger partial charge on any atom is -0.350 e. The van der Waals surface area contributed by atoms with Crippen molar-refractivity contribution < 1.29 is 14.1 Å². The van der Waals surface area contributed by atoms with Crippen LogP contribution in [0.2, 0.25) is 10.0 Å². The summed E-state index contributed by atoms with van der Waals surface area (Å²) in [5.74, 6) is -0.210. The molecule has 4 rings (SSSR count). The van der Waals surface area contributed by atoms with Crippen molar-refractivity contribution in [3.8, 4) is 11.3 Å². The summed E-state index contributed by atoms with van der Waals surface area (Å²) in [6.45, 7) is 3.63. The van der Waals surface area contributed by atoms with E-state index in [4.69, 9.17) is 27.7 Å². The van der Waals surface area contributed by atoms with Crippen LogP contribution in [0.3, 0.4) is 0 Å². The third kappa shape index (κ3) is 4.35. The van der Waals surface area contributed by atoms with E-state index in [0.717, 1.165) is 11.1 Å². The van der Waals surface area contributed by atoms with Crippen LogP contribution in [0.25, 0.3) is 11.3 Å². The van der Waals surface area contributed by atoms with Gasteiger partial charge in [-0.2, -0.15) is 0 Å². The van der Waals surface area contributed by atoms with E-state index in [1.54, 1.807) is 34.1 Å². The summed E-state index contributed by atoms with van der Waals surface area (Å²) in [5, 5.41) is 4.84. The predicted octanol–water partition coefficient (Wildman–Crippen LogP) is 4.56. The van der Waals surface area contributed by atoms with Gasteiger partial charge in [-0.25, -0.2) is 0 Å². The number of hydrogen-bond acceptors (Lipinski definition) is 4. The Morgan fingerprint density at radius 2 is 1.43 bits per heavy atom. The summed E-state index contributed by atoms with van der Waals surface area (Å²) in [7, 11) is 0. The molecular formula is C22H19Cl2N3O3. The average Bonchev–Trinajstić information content (AvgIpc) is 3.23. The van der Waals surface area contributed by atoms with Crippen LogP contribution in [0, 0.1) is 6.92 Å². The molecule has 30 heavy (non-hydrogen) atoms. The first kappa shape index (κ1) is 20.4. The molecular weight excluding hydrogens is 425 g/mol. The highest BCUT2D eigenvalue weighted by Gasteiger charge is 2.28. The van der Waals surface area contributed by atoms with E-state index in [1.165, 1.54) is 0 Å². The number of amides is 2. The van der Waals surface area contributed by atoms with Gasteiger partial charge in [0.2, 0.25) is 5.76 Å². The smallest absolute Gasteiger partial charge is 0.292 e. The van der Waals surface area contributed by atoms with Crippen molar-refractivity contribution in [1.29, 1.82) is 0 Å². The highest BCUT2D eigenvalue weighted by Crippen LogP contribution is 2.22. The van der Waals surface area contributed by atoms with E-state index in [0.29, 0.717) is 47.5 Å². The van der Waals surface area contributed by atoms with Crippen LogP contribution >= 0.6 is 23.2 Å². The summed E-state index contributed by atoms with van der Waals surface area (Å²) in [6, 6.07) is 14.3. The number of benzene rings is 2. The minimum absolute atomic E-state index is 0.159. The molecule has 0 spiro atoms. The Hall–Kier alpha value is -2.83. The Morgan fingerprint density at radius 1 is 0.867 bits per heavy atom. The molecule has 0 N–H and O–H groups in total. The number of carbonyl (C=O) groups excluding carboxylic acids is 2. The van der Waals surface area contributed by atoms with Crippen LogP contribution in [0.4, 0.5) is 0 Å². The molecule has 6 nitrogen and oxygen atoms in total. The van der Waals surface area contributed by atoms with Crippen LogP contribution in [0.1, 0.15) is 26.5 Å². The second kappa shape index (κ2) is 8.50. The molecule has 3 aromatic rings. The average molecular weight is 444 g/mol. The van der Waals surface area contributed by atoms with Crippen molar-refractivity contribution in [2.45, 2.75) is 6.92 Å². The first-order valence-corrected chi connectivity index (χ1v) is 10.2. The third-order valence-electron chi connectivity index (χ3n) is 5.03. The van der Waals surface area contributed by atoms with Crippen LogP contribution in [0.5, 0.6) is 0 Å². The quantitative estimate of drug-likeness (QED) is 0.595. The van der Waals surface area contributed by atoms with Gasteiger partial charge >= 0.3 is 0 Å². The Morgan fingerprint density at radius 3 is 2.03 bits per heavy atom. The number of rotatable bonds is 3. The highest BCUT2D eigenvalue weighted by molar-refractivity contribution is 6.35. The van der Waals surface area contributed by atoms with E-state index in [1.807, 2.05) is 31.2 Å². The third-order valence-corrected chi connectivity index (χ3v) is 5.47. The van der Waals surface area contributed by atoms with Gasteiger partial charge in [-0.1, -0.05) is 58.2 Å². The lowest BCUT2D eigenvalue weighted by molar-refractivity contribution is 0.0513. The fraction of sp³-hybridized carbons (Fsp3) is 0.227. The molecule has 0 aliphatic carbocycles. The fourth-order valence-electron chi connectivity index (χ4n) is 3.36. The SMILES string of the molecule is Cc1ccc(-c2cc(C(=O)N3CCN(C(=O)c4cc(Cl)cc(Cl)c4)CC3)on2)cc1. The molecule has 154 valence electrons. The topological polar surface area (TPSA) is 66.7 Å². The summed E-state index contributed by atoms with van der Waals surface area (Å²) in [6.07, 6.45) is 0. The summed E-state index contributed by atoms with van der Waals surface area (Å²) >= 11 is 12.0. The number of hydrogen-bond donors (Lipinski definition) is 0. The maximum Gasteiger partial charge on any atom is 0.292 e. The molecule has 1 aliphatic rings. The van der Waals surface area contributed by atoms with Gasteiger partial charge in [-0.05, 0) is 25.1 Å². The molecule has 1 aromatic heterocycles. The summed E-state index contributed by atoms with van der Waals surface area (Å²) in [4.78, 5) is 28.8. The van der Waals surface area contributed by atoms with Gasteiger partial charge in [0.05, 0.1) is 0 Å². The Bertz CT molecular complexity index is 1070. The number of halogens is 2. The van der Waals surface area contributed by atoms with Gasteiger partial charge in [-0.3, -0.25) is 9.59 Å². The van der Waals surface area contributed by atoms with Gasteiger partial charge in [0.15, 0.2) is 0 Å². The first-order chi connectivity index (χ1) is 14.4. The number of aryl methyl sites for hydroxylation is 1. The Kier molecular flexibility index (Phi) is 5.79. The molecule has 2 aromatic carbocycles. The lowest BCUT2D eigenvalue weighted by Crippen LogP contribution is -2.50. The van der Waals surface area contributed by atoms with E-state index < -0.39 is 0 Å². The zero-order valence-electron chi connectivity index (χ0n) is 16.3. The maximum atomic E-state index is 12.8. The van der Waals surface area contributed by atoms with E-state index in [-0.39, 0.29) is 17.6 Å². The van der Waals surface area contributed by atoms with Crippen LogP contribution in [-0.4, -0.2) is 52.9 Å². The molecule has 0 unspecified atom stereocenters. The maximum absolute atomic E-state index is 12.8. The Labute approximate surface area is 184 Å². The largest absolute Gasteiger partial charge is 0.350 e. The zero-order valence-corrected chi connectivity index (χ0v) is 17.8. The van der Waals surface area contributed by atoms with Crippen LogP contribution in [-0.2, 0) is 0 Å². The standard InChI is InChI=1S/C22H19Cl2N3O3/c1-14-2-4-15(5-3-14)19-13-20(30-25-19)22(29)27-8-6-26(7-9-27)21(28)16-10-17(23)12-18(24)11-16/h2-5,10-13H,6-9H2,1H3. The van der Waals surface area contributed by atoms with Gasteiger partial charge in [-0.15, -0.1) is 0 Å². The van der Waals surface area contributed by atoms with Crippen molar-refractivity contribution >= 4 is 35.0 Å². The van der Waals surface area contributed by atoms with Crippen molar-refractivity contribution in [3.63, 3.8) is 0 Å². The molecule has 1 aliphatic heterocycles. The first-order valence-electron chi connectivity index (χ1n) is 9.49. The monoisotopic (exact) mass is 443 g/mol. The van der Waals surface area contributed by atoms with E-state index in [9.17, 15) is 9.59 Å². The van der Waals surface area contributed by atoms with Crippen molar-refractivity contribution in [1.82, 2.24) is 15.0 Å². The van der Waals surface area contributed by atoms with E-state index in [2.05, 4.69) is 5.16 Å². The van der Waals surface area contributed by atoms with Crippen molar-refractivity contribution in [3.05, 3.63) is 75.5 Å². The van der Waals surface area contributed by atoms with Gasteiger partial charge in [0.25, 0.3) is 11.8 Å². The number of piperazine rings is 1. The molecule has 0 radical (unpaired) electrons. The molecule has 0 saturated carbocycles. The number of carbonyl (C=O) groups is 2. The molecule has 1 fully saturated rings. The number of aromatic nitrogens is 1. The van der Waals surface area contributed by atoms with Crippen molar-refractivity contribution in [2.24, 2.45) is 0 Å². The Balaban J connectivity index is 1.40. The summed E-state index contributed by atoms with van der Waals surface area (Å²) in [5.41, 5.74) is 3.08. The van der Waals surface area contributed by atoms with Crippen LogP contribution < -0.4 is 0 Å². The second-order valence-electron chi connectivity index (χ2n) is 7.18.